The van der Waals surface area contributed by atoms with Gasteiger partial charge in [0.05, 0.1) is 11.3 Å². The topological polar surface area (TPSA) is 56.8 Å². The van der Waals surface area contributed by atoms with Crippen LogP contribution in [0.25, 0.3) is 0 Å². The average Bonchev–Trinajstić information content (AvgIpc) is 2.84. The normalized spacial score (nSPS) is 17.5. The Morgan fingerprint density at radius 1 is 0.909 bits per heavy atom. The molecule has 176 valence electrons. The molecule has 0 atom stereocenters. The second-order valence-corrected chi connectivity index (χ2v) is 9.75. The number of nitrogens with zero attached hydrogens (tertiary/aromatic N) is 4. The van der Waals surface area contributed by atoms with E-state index >= 15 is 0 Å². The smallest absolute Gasteiger partial charge is 0.255 e. The first-order valence-electron chi connectivity index (χ1n) is 12.3. The van der Waals surface area contributed by atoms with E-state index in [0.29, 0.717) is 25.4 Å². The summed E-state index contributed by atoms with van der Waals surface area (Å²) in [7, 11) is 0. The Balaban J connectivity index is 1.42. The third-order valence-corrected chi connectivity index (χ3v) is 6.80. The summed E-state index contributed by atoms with van der Waals surface area (Å²) in [5.41, 5.74) is 3.80. The fraction of sp³-hybridized carbons (Fsp3) is 0.519. The lowest BCUT2D eigenvalue weighted by molar-refractivity contribution is -0.133. The van der Waals surface area contributed by atoms with Crippen molar-refractivity contribution in [2.45, 2.75) is 46.0 Å². The summed E-state index contributed by atoms with van der Waals surface area (Å²) in [6.45, 7) is 10.7. The van der Waals surface area contributed by atoms with Crippen molar-refractivity contribution >= 4 is 17.5 Å². The second kappa shape index (κ2) is 10.4. The van der Waals surface area contributed by atoms with Gasteiger partial charge in [-0.15, -0.1) is 0 Å². The van der Waals surface area contributed by atoms with Gasteiger partial charge in [0.15, 0.2) is 0 Å². The molecule has 0 spiro atoms. The van der Waals surface area contributed by atoms with Gasteiger partial charge in [-0.3, -0.25) is 14.6 Å². The minimum Gasteiger partial charge on any atom is -0.368 e. The summed E-state index contributed by atoms with van der Waals surface area (Å²) < 4.78 is 0. The number of carbonyl (C=O) groups excluding carboxylic acids is 2. The summed E-state index contributed by atoms with van der Waals surface area (Å²) in [6, 6.07) is 14.3. The van der Waals surface area contributed by atoms with Crippen LogP contribution in [-0.4, -0.2) is 65.9 Å². The number of carbonyl (C=O) groups is 2. The highest BCUT2D eigenvalue weighted by molar-refractivity contribution is 5.95. The predicted octanol–water partition coefficient (Wildman–Crippen LogP) is 4.10. The van der Waals surface area contributed by atoms with Gasteiger partial charge in [0.25, 0.3) is 5.91 Å². The number of aromatic nitrogens is 1. The molecule has 6 nitrogen and oxygen atoms in total. The molecule has 1 aromatic carbocycles. The summed E-state index contributed by atoms with van der Waals surface area (Å²) in [4.78, 5) is 37.1. The van der Waals surface area contributed by atoms with Crippen LogP contribution >= 0.6 is 0 Å². The molecule has 3 heterocycles. The molecule has 0 aliphatic carbocycles. The number of rotatable bonds is 5. The van der Waals surface area contributed by atoms with E-state index in [1.165, 1.54) is 5.69 Å². The fourth-order valence-corrected chi connectivity index (χ4v) is 4.93. The number of para-hydroxylation sites is 1. The summed E-state index contributed by atoms with van der Waals surface area (Å²) in [6.07, 6.45) is 2.33. The quantitative estimate of drug-likeness (QED) is 0.691. The van der Waals surface area contributed by atoms with Crippen molar-refractivity contribution in [1.82, 2.24) is 14.8 Å². The van der Waals surface area contributed by atoms with Crippen molar-refractivity contribution in [3.63, 3.8) is 0 Å². The zero-order chi connectivity index (χ0) is 23.4. The zero-order valence-electron chi connectivity index (χ0n) is 20.2. The lowest BCUT2D eigenvalue weighted by atomic mass is 9.89. The van der Waals surface area contributed by atoms with Gasteiger partial charge in [0.2, 0.25) is 5.91 Å². The van der Waals surface area contributed by atoms with Crippen LogP contribution in [0.5, 0.6) is 0 Å². The minimum absolute atomic E-state index is 0.0866. The zero-order valence-corrected chi connectivity index (χ0v) is 20.2. The van der Waals surface area contributed by atoms with Crippen molar-refractivity contribution in [3.8, 4) is 0 Å². The largest absolute Gasteiger partial charge is 0.368 e. The van der Waals surface area contributed by atoms with E-state index in [9.17, 15) is 9.59 Å². The molecule has 0 radical (unpaired) electrons. The molecular formula is C27H36N4O2. The van der Waals surface area contributed by atoms with E-state index in [1.54, 1.807) is 0 Å². The Labute approximate surface area is 197 Å². The van der Waals surface area contributed by atoms with E-state index in [1.807, 2.05) is 34.9 Å². The van der Waals surface area contributed by atoms with Gasteiger partial charge in [-0.2, -0.15) is 0 Å². The molecular weight excluding hydrogens is 412 g/mol. The molecule has 0 saturated carbocycles. The van der Waals surface area contributed by atoms with Crippen molar-refractivity contribution < 1.29 is 9.59 Å². The van der Waals surface area contributed by atoms with Gasteiger partial charge < -0.3 is 14.7 Å². The fourth-order valence-electron chi connectivity index (χ4n) is 4.93. The minimum atomic E-state index is 0.0866. The number of piperazine rings is 1. The first kappa shape index (κ1) is 23.3. The van der Waals surface area contributed by atoms with E-state index in [4.69, 9.17) is 4.98 Å². The Bertz CT molecular complexity index is 959. The SMILES string of the molecule is Cc1ccc(C(=O)N2CCN(c3ccccc3)CC2)c(C2CCN(C(=O)CC(C)C)CC2)n1. The number of aryl methyl sites for hydroxylation is 1. The lowest BCUT2D eigenvalue weighted by Gasteiger charge is -2.37. The average molecular weight is 449 g/mol. The number of anilines is 1. The number of benzene rings is 1. The molecule has 2 aliphatic rings. The molecule has 0 N–H and O–H groups in total. The summed E-state index contributed by atoms with van der Waals surface area (Å²) in [5.74, 6) is 0.926. The van der Waals surface area contributed by atoms with Crippen LogP contribution in [0, 0.1) is 12.8 Å². The van der Waals surface area contributed by atoms with E-state index < -0.39 is 0 Å². The Morgan fingerprint density at radius 3 is 2.21 bits per heavy atom. The number of hydrogen-bond acceptors (Lipinski definition) is 4. The van der Waals surface area contributed by atoms with Gasteiger partial charge in [-0.05, 0) is 49.9 Å². The molecule has 2 aromatic rings. The van der Waals surface area contributed by atoms with E-state index in [0.717, 1.165) is 56.0 Å². The van der Waals surface area contributed by atoms with Gasteiger partial charge in [-0.1, -0.05) is 32.0 Å². The Morgan fingerprint density at radius 2 is 1.58 bits per heavy atom. The number of hydrogen-bond donors (Lipinski definition) is 0. The molecule has 1 aromatic heterocycles. The summed E-state index contributed by atoms with van der Waals surface area (Å²) in [5, 5.41) is 0. The summed E-state index contributed by atoms with van der Waals surface area (Å²) >= 11 is 0. The number of piperidine rings is 1. The molecule has 6 heteroatoms. The van der Waals surface area contributed by atoms with Gasteiger partial charge >= 0.3 is 0 Å². The number of pyridine rings is 1. The van der Waals surface area contributed by atoms with Crippen LogP contribution in [0.1, 0.15) is 60.8 Å². The molecule has 2 fully saturated rings. The van der Waals surface area contributed by atoms with Gasteiger partial charge in [0.1, 0.15) is 0 Å². The molecule has 0 unspecified atom stereocenters. The number of likely N-dealkylation sites (tertiary alicyclic amines) is 1. The van der Waals surface area contributed by atoms with Crippen LogP contribution < -0.4 is 4.90 Å². The van der Waals surface area contributed by atoms with E-state index in [2.05, 4.69) is 43.0 Å². The molecule has 2 aliphatic heterocycles. The van der Waals surface area contributed by atoms with Gasteiger partial charge in [0, 0.05) is 63.0 Å². The molecule has 33 heavy (non-hydrogen) atoms. The highest BCUT2D eigenvalue weighted by atomic mass is 16.2. The molecule has 2 saturated heterocycles. The second-order valence-electron chi connectivity index (χ2n) is 9.75. The van der Waals surface area contributed by atoms with Crippen LogP contribution in [0.4, 0.5) is 5.69 Å². The maximum absolute atomic E-state index is 13.5. The van der Waals surface area contributed by atoms with Crippen molar-refractivity contribution in [2.24, 2.45) is 5.92 Å². The monoisotopic (exact) mass is 448 g/mol. The van der Waals surface area contributed by atoms with Crippen molar-refractivity contribution in [2.75, 3.05) is 44.2 Å². The van der Waals surface area contributed by atoms with Crippen LogP contribution in [0.15, 0.2) is 42.5 Å². The maximum atomic E-state index is 13.5. The lowest BCUT2D eigenvalue weighted by Crippen LogP contribution is -2.49. The standard InChI is InChI=1S/C27H36N4O2/c1-20(2)19-25(32)30-13-11-22(12-14-30)26-24(10-9-21(3)28-26)27(33)31-17-15-29(16-18-31)23-7-5-4-6-8-23/h4-10,20,22H,11-19H2,1-3H3. The molecule has 4 rings (SSSR count). The van der Waals surface area contributed by atoms with Crippen molar-refractivity contribution in [1.29, 1.82) is 0 Å². The predicted molar refractivity (Wildman–Crippen MR) is 132 cm³/mol. The molecule has 2 amide bonds. The molecule has 0 bridgehead atoms. The maximum Gasteiger partial charge on any atom is 0.255 e. The Hall–Kier alpha value is -2.89. The van der Waals surface area contributed by atoms with E-state index in [-0.39, 0.29) is 17.7 Å². The van der Waals surface area contributed by atoms with Crippen LogP contribution in [0.2, 0.25) is 0 Å². The first-order chi connectivity index (χ1) is 15.9. The highest BCUT2D eigenvalue weighted by Gasteiger charge is 2.30. The third-order valence-electron chi connectivity index (χ3n) is 6.80. The van der Waals surface area contributed by atoms with Gasteiger partial charge in [-0.25, -0.2) is 0 Å². The first-order valence-corrected chi connectivity index (χ1v) is 12.3. The van der Waals surface area contributed by atoms with Crippen molar-refractivity contribution in [3.05, 3.63) is 59.4 Å². The number of amides is 2. The van der Waals surface area contributed by atoms with Crippen LogP contribution in [0.3, 0.4) is 0 Å². The third kappa shape index (κ3) is 5.55. The Kier molecular flexibility index (Phi) is 7.31. The van der Waals surface area contributed by atoms with Crippen LogP contribution in [-0.2, 0) is 4.79 Å². The highest BCUT2D eigenvalue weighted by Crippen LogP contribution is 2.31.